The SMILES string of the molecule is O=C(CCCc1cccs1)Oc1ccc(Cl)cc1Cl. The summed E-state index contributed by atoms with van der Waals surface area (Å²) in [5, 5.41) is 2.89. The minimum Gasteiger partial charge on any atom is -0.425 e. The first-order chi connectivity index (χ1) is 9.15. The lowest BCUT2D eigenvalue weighted by Crippen LogP contribution is -2.08. The van der Waals surface area contributed by atoms with Gasteiger partial charge in [-0.25, -0.2) is 0 Å². The number of ether oxygens (including phenoxy) is 1. The molecule has 0 N–H and O–H groups in total. The molecule has 1 aromatic carbocycles. The van der Waals surface area contributed by atoms with Crippen molar-refractivity contribution in [3.05, 3.63) is 50.6 Å². The highest BCUT2D eigenvalue weighted by molar-refractivity contribution is 7.09. The van der Waals surface area contributed by atoms with Gasteiger partial charge in [-0.15, -0.1) is 11.3 Å². The van der Waals surface area contributed by atoms with Crippen molar-refractivity contribution in [1.29, 1.82) is 0 Å². The fourth-order valence-corrected chi connectivity index (χ4v) is 2.79. The zero-order chi connectivity index (χ0) is 13.7. The summed E-state index contributed by atoms with van der Waals surface area (Å²) >= 11 is 13.4. The highest BCUT2D eigenvalue weighted by Crippen LogP contribution is 2.27. The van der Waals surface area contributed by atoms with E-state index in [9.17, 15) is 4.79 Å². The predicted octanol–water partition coefficient (Wildman–Crippen LogP) is 4.98. The molecule has 2 rings (SSSR count). The molecule has 19 heavy (non-hydrogen) atoms. The summed E-state index contributed by atoms with van der Waals surface area (Å²) in [6, 6.07) is 8.86. The van der Waals surface area contributed by atoms with Gasteiger partial charge in [0.05, 0.1) is 5.02 Å². The molecule has 0 bridgehead atoms. The standard InChI is InChI=1S/C14H12Cl2O2S/c15-10-6-7-13(12(16)9-10)18-14(17)5-1-3-11-4-2-8-19-11/h2,4,6-9H,1,3,5H2. The Kier molecular flexibility index (Phi) is 5.25. The van der Waals surface area contributed by atoms with Gasteiger partial charge in [-0.05, 0) is 42.5 Å². The van der Waals surface area contributed by atoms with Crippen molar-refractivity contribution in [1.82, 2.24) is 0 Å². The lowest BCUT2D eigenvalue weighted by atomic mass is 10.2. The molecule has 0 spiro atoms. The van der Waals surface area contributed by atoms with E-state index in [1.807, 2.05) is 11.4 Å². The number of aryl methyl sites for hydroxylation is 1. The van der Waals surface area contributed by atoms with Gasteiger partial charge in [0.15, 0.2) is 0 Å². The van der Waals surface area contributed by atoms with E-state index in [4.69, 9.17) is 27.9 Å². The Balaban J connectivity index is 1.80. The first kappa shape index (κ1) is 14.4. The van der Waals surface area contributed by atoms with Crippen molar-refractivity contribution in [2.75, 3.05) is 0 Å². The van der Waals surface area contributed by atoms with Gasteiger partial charge < -0.3 is 4.74 Å². The Labute approximate surface area is 125 Å². The molecule has 0 saturated carbocycles. The lowest BCUT2D eigenvalue weighted by molar-refractivity contribution is -0.134. The van der Waals surface area contributed by atoms with Crippen LogP contribution < -0.4 is 4.74 Å². The summed E-state index contributed by atoms with van der Waals surface area (Å²) in [7, 11) is 0. The summed E-state index contributed by atoms with van der Waals surface area (Å²) in [5.41, 5.74) is 0. The number of rotatable bonds is 5. The fourth-order valence-electron chi connectivity index (χ4n) is 1.59. The number of hydrogen-bond acceptors (Lipinski definition) is 3. The summed E-state index contributed by atoms with van der Waals surface area (Å²) in [4.78, 5) is 12.9. The van der Waals surface area contributed by atoms with Crippen LogP contribution in [0.2, 0.25) is 10.0 Å². The molecule has 0 unspecified atom stereocenters. The van der Waals surface area contributed by atoms with E-state index in [2.05, 4.69) is 6.07 Å². The topological polar surface area (TPSA) is 26.3 Å². The molecule has 2 aromatic rings. The number of benzene rings is 1. The van der Waals surface area contributed by atoms with Crippen molar-refractivity contribution < 1.29 is 9.53 Å². The van der Waals surface area contributed by atoms with Gasteiger partial charge in [0.1, 0.15) is 5.75 Å². The Bertz CT molecular complexity index is 553. The van der Waals surface area contributed by atoms with Crippen LogP contribution in [0, 0.1) is 0 Å². The normalized spacial score (nSPS) is 10.4. The van der Waals surface area contributed by atoms with Crippen LogP contribution in [0.25, 0.3) is 0 Å². The maximum absolute atomic E-state index is 11.7. The number of halogens is 2. The molecule has 1 aromatic heterocycles. The van der Waals surface area contributed by atoms with E-state index >= 15 is 0 Å². The maximum Gasteiger partial charge on any atom is 0.311 e. The largest absolute Gasteiger partial charge is 0.425 e. The van der Waals surface area contributed by atoms with Gasteiger partial charge in [0.2, 0.25) is 0 Å². The summed E-state index contributed by atoms with van der Waals surface area (Å²) in [5.74, 6) is 0.0768. The van der Waals surface area contributed by atoms with E-state index in [0.717, 1.165) is 12.8 Å². The van der Waals surface area contributed by atoms with E-state index in [1.54, 1.807) is 29.5 Å². The fraction of sp³-hybridized carbons (Fsp3) is 0.214. The first-order valence-corrected chi connectivity index (χ1v) is 7.47. The van der Waals surface area contributed by atoms with E-state index in [1.165, 1.54) is 4.88 Å². The third kappa shape index (κ3) is 4.53. The average molecular weight is 315 g/mol. The Hall–Kier alpha value is -1.03. The third-order valence-corrected chi connectivity index (χ3v) is 3.97. The molecule has 0 atom stereocenters. The third-order valence-electron chi connectivity index (χ3n) is 2.50. The second kappa shape index (κ2) is 6.94. The van der Waals surface area contributed by atoms with Crippen molar-refractivity contribution >= 4 is 40.5 Å². The van der Waals surface area contributed by atoms with E-state index < -0.39 is 0 Å². The van der Waals surface area contributed by atoms with Gasteiger partial charge in [0, 0.05) is 16.3 Å². The average Bonchev–Trinajstić information content (AvgIpc) is 2.86. The smallest absolute Gasteiger partial charge is 0.311 e. The maximum atomic E-state index is 11.7. The molecule has 0 aliphatic carbocycles. The molecule has 5 heteroatoms. The lowest BCUT2D eigenvalue weighted by Gasteiger charge is -2.06. The van der Waals surface area contributed by atoms with Gasteiger partial charge in [-0.2, -0.15) is 0 Å². The number of carbonyl (C=O) groups excluding carboxylic acids is 1. The van der Waals surface area contributed by atoms with Crippen LogP contribution in [-0.4, -0.2) is 5.97 Å². The molecule has 0 amide bonds. The van der Waals surface area contributed by atoms with Crippen molar-refractivity contribution in [2.24, 2.45) is 0 Å². The van der Waals surface area contributed by atoms with E-state index in [-0.39, 0.29) is 5.97 Å². The molecule has 100 valence electrons. The summed E-state index contributed by atoms with van der Waals surface area (Å²) in [6.07, 6.45) is 2.03. The number of carbonyl (C=O) groups is 1. The number of hydrogen-bond donors (Lipinski definition) is 0. The molecule has 0 saturated heterocycles. The van der Waals surface area contributed by atoms with Crippen molar-refractivity contribution in [3.63, 3.8) is 0 Å². The van der Waals surface area contributed by atoms with Gasteiger partial charge >= 0.3 is 5.97 Å². The van der Waals surface area contributed by atoms with Crippen molar-refractivity contribution in [3.8, 4) is 5.75 Å². The Morgan fingerprint density at radius 1 is 1.26 bits per heavy atom. The van der Waals surface area contributed by atoms with E-state index in [0.29, 0.717) is 22.2 Å². The van der Waals surface area contributed by atoms with Crippen LogP contribution in [0.5, 0.6) is 5.75 Å². The second-order valence-electron chi connectivity index (χ2n) is 3.98. The Morgan fingerprint density at radius 3 is 2.79 bits per heavy atom. The van der Waals surface area contributed by atoms with Gasteiger partial charge in [0.25, 0.3) is 0 Å². The molecular formula is C14H12Cl2O2S. The van der Waals surface area contributed by atoms with Crippen LogP contribution >= 0.6 is 34.5 Å². The zero-order valence-corrected chi connectivity index (χ0v) is 12.4. The summed E-state index contributed by atoms with van der Waals surface area (Å²) < 4.78 is 5.19. The van der Waals surface area contributed by atoms with Crippen LogP contribution in [0.15, 0.2) is 35.7 Å². The van der Waals surface area contributed by atoms with Crippen LogP contribution in [0.1, 0.15) is 17.7 Å². The van der Waals surface area contributed by atoms with Crippen LogP contribution in [0.4, 0.5) is 0 Å². The number of esters is 1. The second-order valence-corrected chi connectivity index (χ2v) is 5.86. The Morgan fingerprint density at radius 2 is 2.11 bits per heavy atom. The highest BCUT2D eigenvalue weighted by Gasteiger charge is 2.09. The monoisotopic (exact) mass is 314 g/mol. The predicted molar refractivity (Wildman–Crippen MR) is 79.4 cm³/mol. The van der Waals surface area contributed by atoms with Crippen LogP contribution in [0.3, 0.4) is 0 Å². The number of thiophene rings is 1. The molecule has 0 aliphatic heterocycles. The van der Waals surface area contributed by atoms with Gasteiger partial charge in [-0.1, -0.05) is 29.3 Å². The highest BCUT2D eigenvalue weighted by atomic mass is 35.5. The minimum absolute atomic E-state index is 0.277. The minimum atomic E-state index is -0.277. The molecule has 0 radical (unpaired) electrons. The zero-order valence-electron chi connectivity index (χ0n) is 10.1. The quantitative estimate of drug-likeness (QED) is 0.574. The summed E-state index contributed by atoms with van der Waals surface area (Å²) in [6.45, 7) is 0. The molecular weight excluding hydrogens is 303 g/mol. The van der Waals surface area contributed by atoms with Crippen molar-refractivity contribution in [2.45, 2.75) is 19.3 Å². The van der Waals surface area contributed by atoms with Gasteiger partial charge in [-0.3, -0.25) is 4.79 Å². The van der Waals surface area contributed by atoms with Crippen LogP contribution in [-0.2, 0) is 11.2 Å². The molecule has 0 aliphatic rings. The molecule has 0 fully saturated rings. The molecule has 1 heterocycles. The molecule has 2 nitrogen and oxygen atoms in total. The first-order valence-electron chi connectivity index (χ1n) is 5.83.